The molecule has 0 saturated carbocycles. The van der Waals surface area contributed by atoms with Gasteiger partial charge in [-0.2, -0.15) is 5.48 Å². The predicted octanol–water partition coefficient (Wildman–Crippen LogP) is 3.90. The van der Waals surface area contributed by atoms with Crippen LogP contribution in [0.1, 0.15) is 6.42 Å². The number of benzene rings is 2. The summed E-state index contributed by atoms with van der Waals surface area (Å²) in [7, 11) is 1.50. The minimum absolute atomic E-state index is 0.0673. The van der Waals surface area contributed by atoms with Crippen LogP contribution in [0.5, 0.6) is 11.5 Å². The molecule has 162 valence electrons. The number of carbonyl (C=O) groups is 2. The standard InChI is InChI=1S/C21H17BrClNO7/c1-28-17-9-14(22)19(29-7-3-6-24-31-20(27)11-25)8-13(17)18-10-16(26)12-4-2-5-15(23)21(12)30-18/h2,4-5,8-11,24H,3,6-7H2,1H3. The zero-order valence-corrected chi connectivity index (χ0v) is 18.6. The molecule has 0 aliphatic carbocycles. The first-order chi connectivity index (χ1) is 14.9. The Morgan fingerprint density at radius 1 is 1.26 bits per heavy atom. The number of hydrogen-bond donors (Lipinski definition) is 1. The van der Waals surface area contributed by atoms with Crippen molar-refractivity contribution in [1.29, 1.82) is 0 Å². The summed E-state index contributed by atoms with van der Waals surface area (Å²) in [5.74, 6) is 0.237. The summed E-state index contributed by atoms with van der Waals surface area (Å²) >= 11 is 9.63. The highest BCUT2D eigenvalue weighted by molar-refractivity contribution is 9.10. The monoisotopic (exact) mass is 509 g/mol. The maximum absolute atomic E-state index is 12.6. The Labute approximate surface area is 190 Å². The molecule has 0 aliphatic heterocycles. The lowest BCUT2D eigenvalue weighted by Crippen LogP contribution is -2.22. The summed E-state index contributed by atoms with van der Waals surface area (Å²) in [6.07, 6.45) is 0.554. The van der Waals surface area contributed by atoms with E-state index < -0.39 is 5.97 Å². The summed E-state index contributed by atoms with van der Waals surface area (Å²) in [6, 6.07) is 9.73. The summed E-state index contributed by atoms with van der Waals surface area (Å²) < 4.78 is 17.8. The lowest BCUT2D eigenvalue weighted by Gasteiger charge is -2.14. The van der Waals surface area contributed by atoms with Gasteiger partial charge in [0.15, 0.2) is 11.0 Å². The van der Waals surface area contributed by atoms with Crippen LogP contribution in [-0.4, -0.2) is 32.5 Å². The molecule has 0 unspecified atom stereocenters. The molecule has 0 amide bonds. The van der Waals surface area contributed by atoms with Crippen molar-refractivity contribution in [3.8, 4) is 22.8 Å². The number of fused-ring (bicyclic) bond motifs is 1. The number of methoxy groups -OCH3 is 1. The molecule has 3 rings (SSSR count). The quantitative estimate of drug-likeness (QED) is 0.200. The van der Waals surface area contributed by atoms with Crippen LogP contribution in [0.4, 0.5) is 0 Å². The second kappa shape index (κ2) is 10.4. The normalized spacial score (nSPS) is 10.7. The van der Waals surface area contributed by atoms with E-state index in [0.29, 0.717) is 38.4 Å². The van der Waals surface area contributed by atoms with Gasteiger partial charge in [0.1, 0.15) is 17.3 Å². The van der Waals surface area contributed by atoms with Crippen LogP contribution in [0, 0.1) is 0 Å². The Morgan fingerprint density at radius 2 is 2.06 bits per heavy atom. The van der Waals surface area contributed by atoms with Gasteiger partial charge in [0, 0.05) is 12.6 Å². The molecular formula is C21H17BrClNO7. The van der Waals surface area contributed by atoms with Crippen LogP contribution in [0.15, 0.2) is 50.1 Å². The third-order valence-electron chi connectivity index (χ3n) is 4.18. The first-order valence-corrected chi connectivity index (χ1v) is 10.2. The van der Waals surface area contributed by atoms with E-state index in [4.69, 9.17) is 25.5 Å². The zero-order valence-electron chi connectivity index (χ0n) is 16.3. The fourth-order valence-electron chi connectivity index (χ4n) is 2.76. The molecule has 1 heterocycles. The van der Waals surface area contributed by atoms with E-state index in [1.54, 1.807) is 30.3 Å². The first-order valence-electron chi connectivity index (χ1n) is 9.06. The Hall–Kier alpha value is -2.88. The molecule has 0 fully saturated rings. The Morgan fingerprint density at radius 3 is 2.81 bits per heavy atom. The van der Waals surface area contributed by atoms with Gasteiger partial charge in [-0.25, -0.2) is 4.79 Å². The number of ether oxygens (including phenoxy) is 2. The highest BCUT2D eigenvalue weighted by atomic mass is 79.9. The van der Waals surface area contributed by atoms with Gasteiger partial charge in [-0.1, -0.05) is 17.7 Å². The number of hydrogen-bond acceptors (Lipinski definition) is 8. The van der Waals surface area contributed by atoms with Crippen molar-refractivity contribution in [3.05, 3.63) is 56.1 Å². The summed E-state index contributed by atoms with van der Waals surface area (Å²) in [4.78, 5) is 37.9. The largest absolute Gasteiger partial charge is 0.496 e. The molecule has 0 spiro atoms. The highest BCUT2D eigenvalue weighted by Crippen LogP contribution is 2.39. The number of rotatable bonds is 9. The van der Waals surface area contributed by atoms with E-state index in [9.17, 15) is 14.4 Å². The second-order valence-electron chi connectivity index (χ2n) is 6.21. The molecule has 2 aromatic carbocycles. The molecule has 3 aromatic rings. The topological polar surface area (TPSA) is 104 Å². The van der Waals surface area contributed by atoms with Gasteiger partial charge in [0.2, 0.25) is 6.29 Å². The second-order valence-corrected chi connectivity index (χ2v) is 7.47. The number of aldehydes is 1. The van der Waals surface area contributed by atoms with Crippen molar-refractivity contribution < 1.29 is 28.3 Å². The molecule has 0 radical (unpaired) electrons. The van der Waals surface area contributed by atoms with Crippen LogP contribution in [0.3, 0.4) is 0 Å². The van der Waals surface area contributed by atoms with Crippen LogP contribution in [0.25, 0.3) is 22.3 Å². The molecule has 1 aromatic heterocycles. The maximum atomic E-state index is 12.6. The van der Waals surface area contributed by atoms with Gasteiger partial charge in [-0.15, -0.1) is 0 Å². The average molecular weight is 511 g/mol. The lowest BCUT2D eigenvalue weighted by atomic mass is 10.1. The van der Waals surface area contributed by atoms with Gasteiger partial charge in [-0.05, 0) is 46.6 Å². The molecule has 8 nitrogen and oxygen atoms in total. The third kappa shape index (κ3) is 5.43. The molecule has 0 bridgehead atoms. The van der Waals surface area contributed by atoms with Crippen molar-refractivity contribution in [3.63, 3.8) is 0 Å². The van der Waals surface area contributed by atoms with Gasteiger partial charge in [-0.3, -0.25) is 9.59 Å². The summed E-state index contributed by atoms with van der Waals surface area (Å²) in [6.45, 7) is 0.571. The van der Waals surface area contributed by atoms with Crippen LogP contribution < -0.4 is 20.4 Å². The lowest BCUT2D eigenvalue weighted by molar-refractivity contribution is -0.154. The molecule has 0 atom stereocenters. The molecule has 31 heavy (non-hydrogen) atoms. The number of nitrogens with one attached hydrogen (secondary N) is 1. The van der Waals surface area contributed by atoms with Gasteiger partial charge < -0.3 is 18.7 Å². The van der Waals surface area contributed by atoms with E-state index >= 15 is 0 Å². The van der Waals surface area contributed by atoms with E-state index in [2.05, 4.69) is 26.2 Å². The minimum Gasteiger partial charge on any atom is -0.496 e. The SMILES string of the molecule is COc1cc(Br)c(OCCCNOC(=O)C=O)cc1-c1cc(=O)c2cccc(Cl)c2o1. The summed E-state index contributed by atoms with van der Waals surface area (Å²) in [5.41, 5.74) is 2.93. The average Bonchev–Trinajstić information content (AvgIpc) is 2.77. The number of hydroxylamine groups is 1. The van der Waals surface area contributed by atoms with Crippen molar-refractivity contribution in [1.82, 2.24) is 5.48 Å². The predicted molar refractivity (Wildman–Crippen MR) is 117 cm³/mol. The smallest absolute Gasteiger partial charge is 0.389 e. The van der Waals surface area contributed by atoms with Crippen molar-refractivity contribution in [2.24, 2.45) is 0 Å². The van der Waals surface area contributed by atoms with Gasteiger partial charge in [0.25, 0.3) is 0 Å². The first kappa shape index (κ1) is 22.8. The fourth-order valence-corrected chi connectivity index (χ4v) is 3.41. The summed E-state index contributed by atoms with van der Waals surface area (Å²) in [5, 5.41) is 0.707. The Kier molecular flexibility index (Phi) is 7.67. The zero-order chi connectivity index (χ0) is 22.4. The molecule has 0 aliphatic rings. The van der Waals surface area contributed by atoms with E-state index in [-0.39, 0.29) is 36.2 Å². The molecule has 10 heteroatoms. The fraction of sp³-hybridized carbons (Fsp3) is 0.190. The van der Waals surface area contributed by atoms with Crippen molar-refractivity contribution in [2.45, 2.75) is 6.42 Å². The van der Waals surface area contributed by atoms with Crippen molar-refractivity contribution >= 4 is 50.8 Å². The van der Waals surface area contributed by atoms with E-state index in [1.807, 2.05) is 0 Å². The van der Waals surface area contributed by atoms with Crippen LogP contribution in [-0.2, 0) is 14.4 Å². The molecule has 0 saturated heterocycles. The molecular weight excluding hydrogens is 494 g/mol. The third-order valence-corrected chi connectivity index (χ3v) is 5.09. The number of halogens is 2. The van der Waals surface area contributed by atoms with Crippen LogP contribution >= 0.6 is 27.5 Å². The Bertz CT molecular complexity index is 1180. The molecule has 1 N–H and O–H groups in total. The van der Waals surface area contributed by atoms with E-state index in [1.165, 1.54) is 13.2 Å². The minimum atomic E-state index is -1.000. The highest BCUT2D eigenvalue weighted by Gasteiger charge is 2.16. The van der Waals surface area contributed by atoms with Crippen molar-refractivity contribution in [2.75, 3.05) is 20.3 Å². The number of para-hydroxylation sites is 1. The van der Waals surface area contributed by atoms with Crippen LogP contribution in [0.2, 0.25) is 5.02 Å². The number of carbonyl (C=O) groups excluding carboxylic acids is 2. The maximum Gasteiger partial charge on any atom is 0.389 e. The Balaban J connectivity index is 1.84. The van der Waals surface area contributed by atoms with E-state index in [0.717, 1.165) is 0 Å². The van der Waals surface area contributed by atoms with Gasteiger partial charge in [0.05, 0.1) is 34.2 Å². The van der Waals surface area contributed by atoms with Gasteiger partial charge >= 0.3 is 5.97 Å².